The van der Waals surface area contributed by atoms with Gasteiger partial charge in [0.05, 0.1) is 18.9 Å². The maximum absolute atomic E-state index is 13.0. The van der Waals surface area contributed by atoms with Crippen LogP contribution in [0.5, 0.6) is 0 Å². The van der Waals surface area contributed by atoms with Crippen molar-refractivity contribution in [2.24, 2.45) is 0 Å². The lowest BCUT2D eigenvalue weighted by molar-refractivity contribution is 0.0244. The summed E-state index contributed by atoms with van der Waals surface area (Å²) in [6.07, 6.45) is 3.65. The second-order valence-corrected chi connectivity index (χ2v) is 6.12. The zero-order chi connectivity index (χ0) is 17.0. The molecule has 0 aliphatic carbocycles. The van der Waals surface area contributed by atoms with E-state index in [1.165, 1.54) is 10.9 Å². The molecule has 0 spiro atoms. The van der Waals surface area contributed by atoms with Gasteiger partial charge >= 0.3 is 6.09 Å². The molecule has 0 saturated heterocycles. The van der Waals surface area contributed by atoms with E-state index in [1.54, 1.807) is 17.2 Å². The summed E-state index contributed by atoms with van der Waals surface area (Å²) in [7, 11) is 0. The van der Waals surface area contributed by atoms with Gasteiger partial charge in [-0.1, -0.05) is 6.07 Å². The third-order valence-corrected chi connectivity index (χ3v) is 3.00. The molecule has 6 nitrogen and oxygen atoms in total. The lowest BCUT2D eigenvalue weighted by Crippen LogP contribution is -2.36. The van der Waals surface area contributed by atoms with Gasteiger partial charge < -0.3 is 9.64 Å². The number of hydrogen-bond donors (Lipinski definition) is 0. The summed E-state index contributed by atoms with van der Waals surface area (Å²) < 4.78 is 19.7. The first-order valence-electron chi connectivity index (χ1n) is 7.42. The standard InChI is InChI=1S/C16H21FN4O2/c1-5-20(15(22)23-16(2,3)4)10-12-6-7-14(18-8-12)21-11-13(17)9-19-21/h6-9,11H,5,10H2,1-4H3. The van der Waals surface area contributed by atoms with Crippen LogP contribution in [0.1, 0.15) is 33.3 Å². The van der Waals surface area contributed by atoms with Crippen LogP contribution in [0.4, 0.5) is 9.18 Å². The van der Waals surface area contributed by atoms with Crippen molar-refractivity contribution in [3.8, 4) is 5.82 Å². The second-order valence-electron chi connectivity index (χ2n) is 6.12. The summed E-state index contributed by atoms with van der Waals surface area (Å²) in [4.78, 5) is 17.9. The van der Waals surface area contributed by atoms with Gasteiger partial charge in [0.25, 0.3) is 0 Å². The van der Waals surface area contributed by atoms with E-state index in [1.807, 2.05) is 33.8 Å². The Labute approximate surface area is 134 Å². The maximum Gasteiger partial charge on any atom is 0.410 e. The number of halogens is 1. The predicted octanol–water partition coefficient (Wildman–Crippen LogP) is 3.16. The van der Waals surface area contributed by atoms with Crippen molar-refractivity contribution >= 4 is 6.09 Å². The van der Waals surface area contributed by atoms with Crippen LogP contribution in [0.3, 0.4) is 0 Å². The number of carbonyl (C=O) groups is 1. The number of hydrogen-bond acceptors (Lipinski definition) is 4. The molecule has 2 heterocycles. The van der Waals surface area contributed by atoms with Crippen molar-refractivity contribution in [1.82, 2.24) is 19.7 Å². The molecule has 0 aliphatic rings. The number of rotatable bonds is 4. The predicted molar refractivity (Wildman–Crippen MR) is 83.6 cm³/mol. The summed E-state index contributed by atoms with van der Waals surface area (Å²) in [5.74, 6) is 0.0935. The Balaban J connectivity index is 2.05. The van der Waals surface area contributed by atoms with E-state index < -0.39 is 11.4 Å². The van der Waals surface area contributed by atoms with Crippen LogP contribution >= 0.6 is 0 Å². The van der Waals surface area contributed by atoms with Crippen molar-refractivity contribution < 1.29 is 13.9 Å². The van der Waals surface area contributed by atoms with Gasteiger partial charge in [0.1, 0.15) is 5.60 Å². The van der Waals surface area contributed by atoms with Crippen molar-refractivity contribution in [3.05, 3.63) is 42.1 Å². The lowest BCUT2D eigenvalue weighted by atomic mass is 10.2. The summed E-state index contributed by atoms with van der Waals surface area (Å²) in [6, 6.07) is 3.56. The fraction of sp³-hybridized carbons (Fsp3) is 0.438. The average molecular weight is 320 g/mol. The van der Waals surface area contributed by atoms with Gasteiger partial charge in [-0.3, -0.25) is 0 Å². The van der Waals surface area contributed by atoms with Gasteiger partial charge in [0.2, 0.25) is 0 Å². The van der Waals surface area contributed by atoms with Gasteiger partial charge in [-0.25, -0.2) is 18.9 Å². The summed E-state index contributed by atoms with van der Waals surface area (Å²) in [5.41, 5.74) is 0.325. The Morgan fingerprint density at radius 1 is 1.35 bits per heavy atom. The molecule has 2 rings (SSSR count). The van der Waals surface area contributed by atoms with E-state index >= 15 is 0 Å². The van der Waals surface area contributed by atoms with Crippen LogP contribution in [-0.2, 0) is 11.3 Å². The summed E-state index contributed by atoms with van der Waals surface area (Å²) in [5, 5.41) is 3.86. The van der Waals surface area contributed by atoms with Gasteiger partial charge in [0.15, 0.2) is 11.6 Å². The Morgan fingerprint density at radius 3 is 2.57 bits per heavy atom. The fourth-order valence-electron chi connectivity index (χ4n) is 1.92. The van der Waals surface area contributed by atoms with E-state index in [2.05, 4.69) is 10.1 Å². The minimum Gasteiger partial charge on any atom is -0.444 e. The lowest BCUT2D eigenvalue weighted by Gasteiger charge is -2.26. The molecule has 7 heteroatoms. The van der Waals surface area contributed by atoms with Gasteiger partial charge in [-0.2, -0.15) is 5.10 Å². The summed E-state index contributed by atoms with van der Waals surface area (Å²) in [6.45, 7) is 8.31. The number of nitrogens with zero attached hydrogens (tertiary/aromatic N) is 4. The molecule has 0 unspecified atom stereocenters. The minimum atomic E-state index is -0.531. The van der Waals surface area contributed by atoms with E-state index in [-0.39, 0.29) is 6.09 Å². The normalized spacial score (nSPS) is 11.3. The van der Waals surface area contributed by atoms with E-state index in [0.29, 0.717) is 18.9 Å². The number of amides is 1. The Bertz CT molecular complexity index is 661. The Morgan fingerprint density at radius 2 is 2.09 bits per heavy atom. The zero-order valence-corrected chi connectivity index (χ0v) is 13.8. The number of carbonyl (C=O) groups excluding carboxylic acids is 1. The maximum atomic E-state index is 13.0. The first-order valence-corrected chi connectivity index (χ1v) is 7.42. The SMILES string of the molecule is CCN(Cc1ccc(-n2cc(F)cn2)nc1)C(=O)OC(C)(C)C. The third-order valence-electron chi connectivity index (χ3n) is 3.00. The first-order chi connectivity index (χ1) is 10.8. The largest absolute Gasteiger partial charge is 0.444 e. The molecule has 0 N–H and O–H groups in total. The van der Waals surface area contributed by atoms with Crippen LogP contribution in [-0.4, -0.2) is 37.9 Å². The van der Waals surface area contributed by atoms with Crippen molar-refractivity contribution in [3.63, 3.8) is 0 Å². The first kappa shape index (κ1) is 16.9. The molecular weight excluding hydrogens is 299 g/mol. The number of aromatic nitrogens is 3. The van der Waals surface area contributed by atoms with Crippen LogP contribution in [0, 0.1) is 5.82 Å². The molecule has 2 aromatic heterocycles. The fourth-order valence-corrected chi connectivity index (χ4v) is 1.92. The van der Waals surface area contributed by atoms with Gasteiger partial charge in [-0.05, 0) is 39.3 Å². The summed E-state index contributed by atoms with van der Waals surface area (Å²) >= 11 is 0. The quantitative estimate of drug-likeness (QED) is 0.868. The van der Waals surface area contributed by atoms with Crippen molar-refractivity contribution in [2.75, 3.05) is 6.54 Å². The van der Waals surface area contributed by atoms with Crippen LogP contribution in [0.2, 0.25) is 0 Å². The molecule has 2 aromatic rings. The highest BCUT2D eigenvalue weighted by Crippen LogP contribution is 2.13. The van der Waals surface area contributed by atoms with Crippen molar-refractivity contribution in [2.45, 2.75) is 39.8 Å². The van der Waals surface area contributed by atoms with Crippen LogP contribution < -0.4 is 0 Å². The Kier molecular flexibility index (Phi) is 4.98. The number of pyridine rings is 1. The van der Waals surface area contributed by atoms with E-state index in [0.717, 1.165) is 11.8 Å². The highest BCUT2D eigenvalue weighted by molar-refractivity contribution is 5.68. The highest BCUT2D eigenvalue weighted by Gasteiger charge is 2.21. The molecular formula is C16H21FN4O2. The molecule has 0 radical (unpaired) electrons. The molecule has 0 atom stereocenters. The number of ether oxygens (including phenoxy) is 1. The molecule has 0 bridgehead atoms. The third kappa shape index (κ3) is 4.77. The smallest absolute Gasteiger partial charge is 0.410 e. The van der Waals surface area contributed by atoms with Crippen LogP contribution in [0.15, 0.2) is 30.7 Å². The van der Waals surface area contributed by atoms with Gasteiger partial charge in [0, 0.05) is 12.7 Å². The molecule has 1 amide bonds. The second kappa shape index (κ2) is 6.76. The molecule has 23 heavy (non-hydrogen) atoms. The topological polar surface area (TPSA) is 60.2 Å². The van der Waals surface area contributed by atoms with E-state index in [4.69, 9.17) is 4.74 Å². The molecule has 0 fully saturated rings. The minimum absolute atomic E-state index is 0.363. The molecule has 0 aromatic carbocycles. The highest BCUT2D eigenvalue weighted by atomic mass is 19.1. The monoisotopic (exact) mass is 320 g/mol. The van der Waals surface area contributed by atoms with Gasteiger partial charge in [-0.15, -0.1) is 0 Å². The zero-order valence-electron chi connectivity index (χ0n) is 13.8. The molecule has 0 aliphatic heterocycles. The van der Waals surface area contributed by atoms with Crippen molar-refractivity contribution in [1.29, 1.82) is 0 Å². The average Bonchev–Trinajstić information content (AvgIpc) is 2.90. The molecule has 124 valence electrons. The Hall–Kier alpha value is -2.44. The van der Waals surface area contributed by atoms with Crippen LogP contribution in [0.25, 0.3) is 5.82 Å². The van der Waals surface area contributed by atoms with E-state index in [9.17, 15) is 9.18 Å². The molecule has 0 saturated carbocycles.